The molecule has 0 aliphatic carbocycles. The Balaban J connectivity index is 0.00000176. The van der Waals surface area contributed by atoms with Gasteiger partial charge in [0.05, 0.1) is 4.90 Å². The lowest BCUT2D eigenvalue weighted by atomic mass is 10.0. The number of nitrogens with zero attached hydrogens (tertiary/aromatic N) is 1. The Morgan fingerprint density at radius 3 is 2.68 bits per heavy atom. The molecule has 6 nitrogen and oxygen atoms in total. The van der Waals surface area contributed by atoms with Crippen LogP contribution in [0.25, 0.3) is 0 Å². The van der Waals surface area contributed by atoms with Crippen LogP contribution in [0.2, 0.25) is 0 Å². The zero-order valence-electron chi connectivity index (χ0n) is 12.2. The second-order valence-electron chi connectivity index (χ2n) is 5.41. The molecule has 0 aromatic heterocycles. The number of rotatable bonds is 3. The molecule has 0 amide bonds. The quantitative estimate of drug-likeness (QED) is 0.888. The monoisotopic (exact) mass is 348 g/mol. The molecule has 3 rings (SSSR count). The van der Waals surface area contributed by atoms with E-state index in [-0.39, 0.29) is 23.2 Å². The average molecular weight is 349 g/mol. The van der Waals surface area contributed by atoms with Crippen molar-refractivity contribution < 1.29 is 17.9 Å². The average Bonchev–Trinajstić information content (AvgIpc) is 2.54. The van der Waals surface area contributed by atoms with Crippen molar-refractivity contribution in [1.29, 1.82) is 0 Å². The molecule has 2 aliphatic heterocycles. The third-order valence-corrected chi connectivity index (χ3v) is 5.83. The molecule has 2 N–H and O–H groups in total. The summed E-state index contributed by atoms with van der Waals surface area (Å²) < 4.78 is 37.9. The molecule has 1 atom stereocenters. The number of hydrogen-bond donors (Lipinski definition) is 1. The van der Waals surface area contributed by atoms with Crippen molar-refractivity contribution in [2.75, 3.05) is 32.8 Å². The van der Waals surface area contributed by atoms with E-state index in [1.807, 2.05) is 0 Å². The molecule has 22 heavy (non-hydrogen) atoms. The first-order chi connectivity index (χ1) is 10.1. The van der Waals surface area contributed by atoms with Crippen molar-refractivity contribution in [2.45, 2.75) is 17.7 Å². The van der Waals surface area contributed by atoms with Gasteiger partial charge in [0.2, 0.25) is 10.0 Å². The molecule has 1 aromatic carbocycles. The van der Waals surface area contributed by atoms with Gasteiger partial charge < -0.3 is 15.2 Å². The maximum Gasteiger partial charge on any atom is 0.243 e. The van der Waals surface area contributed by atoms with Crippen LogP contribution in [0.1, 0.15) is 12.8 Å². The van der Waals surface area contributed by atoms with Gasteiger partial charge in [-0.05, 0) is 37.4 Å². The highest BCUT2D eigenvalue weighted by Crippen LogP contribution is 2.33. The largest absolute Gasteiger partial charge is 0.486 e. The van der Waals surface area contributed by atoms with Crippen molar-refractivity contribution in [1.82, 2.24) is 4.31 Å². The first-order valence-electron chi connectivity index (χ1n) is 7.21. The molecule has 0 spiro atoms. The summed E-state index contributed by atoms with van der Waals surface area (Å²) in [6.07, 6.45) is 1.84. The predicted octanol–water partition coefficient (Wildman–Crippen LogP) is 1.24. The summed E-state index contributed by atoms with van der Waals surface area (Å²) in [5, 5.41) is 0. The third-order valence-electron chi connectivity index (χ3n) is 3.97. The summed E-state index contributed by atoms with van der Waals surface area (Å²) in [5.74, 6) is 1.33. The molecule has 124 valence electrons. The summed E-state index contributed by atoms with van der Waals surface area (Å²) in [4.78, 5) is 0.254. The molecule has 1 unspecified atom stereocenters. The molecule has 0 bridgehead atoms. The molecule has 0 saturated carbocycles. The summed E-state index contributed by atoms with van der Waals surface area (Å²) in [6, 6.07) is 4.79. The normalized spacial score (nSPS) is 22.0. The van der Waals surface area contributed by atoms with Crippen molar-refractivity contribution in [3.63, 3.8) is 0 Å². The van der Waals surface area contributed by atoms with Crippen LogP contribution in [0.3, 0.4) is 0 Å². The van der Waals surface area contributed by atoms with Crippen LogP contribution in [0.4, 0.5) is 0 Å². The van der Waals surface area contributed by atoms with Crippen LogP contribution >= 0.6 is 12.4 Å². The lowest BCUT2D eigenvalue weighted by Gasteiger charge is -2.31. The van der Waals surface area contributed by atoms with Crippen molar-refractivity contribution in [3.8, 4) is 11.5 Å². The van der Waals surface area contributed by atoms with Crippen LogP contribution in [0.15, 0.2) is 23.1 Å². The Labute approximate surface area is 137 Å². The SMILES string of the molecule is Cl.NCC1CCCN(S(=O)(=O)c2ccc3c(c2)OCCO3)C1. The van der Waals surface area contributed by atoms with E-state index >= 15 is 0 Å². The number of benzene rings is 1. The van der Waals surface area contributed by atoms with Gasteiger partial charge in [0.25, 0.3) is 0 Å². The molecule has 8 heteroatoms. The van der Waals surface area contributed by atoms with Gasteiger partial charge in [-0.15, -0.1) is 12.4 Å². The van der Waals surface area contributed by atoms with Crippen LogP contribution < -0.4 is 15.2 Å². The van der Waals surface area contributed by atoms with Gasteiger partial charge in [0.15, 0.2) is 11.5 Å². The van der Waals surface area contributed by atoms with E-state index < -0.39 is 10.0 Å². The van der Waals surface area contributed by atoms with Gasteiger partial charge in [-0.25, -0.2) is 8.42 Å². The first-order valence-corrected chi connectivity index (χ1v) is 8.65. The van der Waals surface area contributed by atoms with E-state index in [1.165, 1.54) is 4.31 Å². The van der Waals surface area contributed by atoms with E-state index in [0.717, 1.165) is 12.8 Å². The number of halogens is 1. The Morgan fingerprint density at radius 1 is 1.23 bits per heavy atom. The molecule has 2 heterocycles. The van der Waals surface area contributed by atoms with E-state index in [9.17, 15) is 8.42 Å². The van der Waals surface area contributed by atoms with Crippen molar-refractivity contribution >= 4 is 22.4 Å². The number of piperidine rings is 1. The second kappa shape index (κ2) is 7.04. The fraction of sp³-hybridized carbons (Fsp3) is 0.571. The Bertz CT molecular complexity index is 623. The highest BCUT2D eigenvalue weighted by molar-refractivity contribution is 7.89. The number of hydrogen-bond acceptors (Lipinski definition) is 5. The maximum atomic E-state index is 12.7. The minimum Gasteiger partial charge on any atom is -0.486 e. The van der Waals surface area contributed by atoms with Gasteiger partial charge in [-0.2, -0.15) is 4.31 Å². The van der Waals surface area contributed by atoms with E-state index in [1.54, 1.807) is 18.2 Å². The van der Waals surface area contributed by atoms with E-state index in [0.29, 0.717) is 44.3 Å². The fourth-order valence-corrected chi connectivity index (χ4v) is 4.34. The Hall–Kier alpha value is -1.02. The minimum absolute atomic E-state index is 0. The summed E-state index contributed by atoms with van der Waals surface area (Å²) in [5.41, 5.74) is 5.68. The van der Waals surface area contributed by atoms with Gasteiger partial charge in [-0.1, -0.05) is 0 Å². The molecular weight excluding hydrogens is 328 g/mol. The Morgan fingerprint density at radius 2 is 1.95 bits per heavy atom. The summed E-state index contributed by atoms with van der Waals surface area (Å²) in [7, 11) is -3.50. The highest BCUT2D eigenvalue weighted by Gasteiger charge is 2.30. The first kappa shape index (κ1) is 17.3. The standard InChI is InChI=1S/C14H20N2O4S.ClH/c15-9-11-2-1-5-16(10-11)21(17,18)12-3-4-13-14(8-12)20-7-6-19-13;/h3-4,8,11H,1-2,5-7,9-10,15H2;1H. The Kier molecular flexibility index (Phi) is 5.55. The third kappa shape index (κ3) is 3.32. The second-order valence-corrected chi connectivity index (χ2v) is 7.35. The van der Waals surface area contributed by atoms with Crippen molar-refractivity contribution in [3.05, 3.63) is 18.2 Å². The van der Waals surface area contributed by atoms with Crippen LogP contribution in [-0.2, 0) is 10.0 Å². The summed E-state index contributed by atoms with van der Waals surface area (Å²) >= 11 is 0. The summed E-state index contributed by atoms with van der Waals surface area (Å²) in [6.45, 7) is 2.49. The van der Waals surface area contributed by atoms with Gasteiger partial charge in [0, 0.05) is 19.2 Å². The molecule has 1 saturated heterocycles. The number of fused-ring (bicyclic) bond motifs is 1. The minimum atomic E-state index is -3.50. The van der Waals surface area contributed by atoms with Crippen LogP contribution in [-0.4, -0.2) is 45.6 Å². The van der Waals surface area contributed by atoms with E-state index in [4.69, 9.17) is 15.2 Å². The number of sulfonamides is 1. The zero-order chi connectivity index (χ0) is 14.9. The number of nitrogens with two attached hydrogens (primary N) is 1. The van der Waals surface area contributed by atoms with Crippen LogP contribution in [0.5, 0.6) is 11.5 Å². The lowest BCUT2D eigenvalue weighted by Crippen LogP contribution is -2.41. The predicted molar refractivity (Wildman–Crippen MR) is 85.2 cm³/mol. The number of ether oxygens (including phenoxy) is 2. The fourth-order valence-electron chi connectivity index (χ4n) is 2.77. The van der Waals surface area contributed by atoms with Crippen molar-refractivity contribution in [2.24, 2.45) is 11.7 Å². The van der Waals surface area contributed by atoms with Gasteiger partial charge in [-0.3, -0.25) is 0 Å². The van der Waals surface area contributed by atoms with Gasteiger partial charge >= 0.3 is 0 Å². The molecule has 1 fully saturated rings. The maximum absolute atomic E-state index is 12.7. The topological polar surface area (TPSA) is 81.9 Å². The molecule has 1 aromatic rings. The molecular formula is C14H21ClN2O4S. The van der Waals surface area contributed by atoms with E-state index in [2.05, 4.69) is 0 Å². The smallest absolute Gasteiger partial charge is 0.243 e. The van der Waals surface area contributed by atoms with Crippen LogP contribution in [0, 0.1) is 5.92 Å². The van der Waals surface area contributed by atoms with Gasteiger partial charge in [0.1, 0.15) is 13.2 Å². The lowest BCUT2D eigenvalue weighted by molar-refractivity contribution is 0.171. The molecule has 0 radical (unpaired) electrons. The molecule has 2 aliphatic rings. The zero-order valence-corrected chi connectivity index (χ0v) is 13.9. The highest BCUT2D eigenvalue weighted by atomic mass is 35.5.